The van der Waals surface area contributed by atoms with Gasteiger partial charge < -0.3 is 15.0 Å². The topological polar surface area (TPSA) is 24.5 Å². The van der Waals surface area contributed by atoms with Crippen molar-refractivity contribution >= 4 is 0 Å². The second-order valence-corrected chi connectivity index (χ2v) is 3.91. The Labute approximate surface area is 75.1 Å². The van der Waals surface area contributed by atoms with E-state index in [2.05, 4.69) is 24.3 Å². The Bertz CT molecular complexity index is 130. The third-order valence-corrected chi connectivity index (χ3v) is 2.47. The van der Waals surface area contributed by atoms with Crippen LogP contribution in [0.25, 0.3) is 0 Å². The standard InChI is InChI=1S/C9H20N2O/c1-11(2)8-9(12-3)5-4-6-10-7-9/h10H,4-8H2,1-3H3. The summed E-state index contributed by atoms with van der Waals surface area (Å²) in [4.78, 5) is 2.19. The molecule has 3 nitrogen and oxygen atoms in total. The number of likely N-dealkylation sites (N-methyl/N-ethyl adjacent to an activating group) is 1. The lowest BCUT2D eigenvalue weighted by atomic mass is 9.93. The van der Waals surface area contributed by atoms with Crippen molar-refractivity contribution in [1.82, 2.24) is 10.2 Å². The third-order valence-electron chi connectivity index (χ3n) is 2.47. The van der Waals surface area contributed by atoms with Crippen LogP contribution >= 0.6 is 0 Å². The smallest absolute Gasteiger partial charge is 0.0928 e. The molecular formula is C9H20N2O. The monoisotopic (exact) mass is 172 g/mol. The van der Waals surface area contributed by atoms with Crippen LogP contribution in [0, 0.1) is 0 Å². The molecule has 3 heteroatoms. The highest BCUT2D eigenvalue weighted by Gasteiger charge is 2.31. The van der Waals surface area contributed by atoms with Gasteiger partial charge in [-0.25, -0.2) is 0 Å². The van der Waals surface area contributed by atoms with Crippen molar-refractivity contribution in [2.45, 2.75) is 18.4 Å². The number of methoxy groups -OCH3 is 1. The van der Waals surface area contributed by atoms with Crippen LogP contribution < -0.4 is 5.32 Å². The summed E-state index contributed by atoms with van der Waals surface area (Å²) in [7, 11) is 6.00. The first-order valence-electron chi connectivity index (χ1n) is 4.59. The van der Waals surface area contributed by atoms with Crippen LogP contribution in [0.3, 0.4) is 0 Å². The van der Waals surface area contributed by atoms with Gasteiger partial charge in [-0.2, -0.15) is 0 Å². The van der Waals surface area contributed by atoms with Crippen LogP contribution in [0.4, 0.5) is 0 Å². The molecule has 1 rings (SSSR count). The molecule has 0 radical (unpaired) electrons. The van der Waals surface area contributed by atoms with Gasteiger partial charge in [-0.15, -0.1) is 0 Å². The second kappa shape index (κ2) is 4.21. The maximum absolute atomic E-state index is 5.59. The minimum Gasteiger partial charge on any atom is -0.376 e. The Balaban J connectivity index is 2.48. The number of piperidine rings is 1. The fraction of sp³-hybridized carbons (Fsp3) is 1.00. The molecule has 1 heterocycles. The summed E-state index contributed by atoms with van der Waals surface area (Å²) in [5.74, 6) is 0. The first kappa shape index (κ1) is 9.96. The van der Waals surface area contributed by atoms with E-state index in [1.54, 1.807) is 0 Å². The van der Waals surface area contributed by atoms with Gasteiger partial charge in [0.2, 0.25) is 0 Å². The molecule has 1 fully saturated rings. The van der Waals surface area contributed by atoms with E-state index in [1.807, 2.05) is 7.11 Å². The molecule has 0 amide bonds. The van der Waals surface area contributed by atoms with Gasteiger partial charge >= 0.3 is 0 Å². The van der Waals surface area contributed by atoms with Crippen molar-refractivity contribution in [1.29, 1.82) is 0 Å². The van der Waals surface area contributed by atoms with Crippen LogP contribution in [0.15, 0.2) is 0 Å². The van der Waals surface area contributed by atoms with Crippen LogP contribution in [0.2, 0.25) is 0 Å². The van der Waals surface area contributed by atoms with Crippen molar-refractivity contribution in [2.75, 3.05) is 40.8 Å². The van der Waals surface area contributed by atoms with E-state index >= 15 is 0 Å². The number of rotatable bonds is 3. The lowest BCUT2D eigenvalue weighted by molar-refractivity contribution is -0.0440. The third kappa shape index (κ3) is 2.44. The normalized spacial score (nSPS) is 31.0. The van der Waals surface area contributed by atoms with E-state index in [9.17, 15) is 0 Å². The SMILES string of the molecule is COC1(CN(C)C)CCCNC1. The Hall–Kier alpha value is -0.120. The zero-order chi connectivity index (χ0) is 9.03. The largest absolute Gasteiger partial charge is 0.376 e. The van der Waals surface area contributed by atoms with Gasteiger partial charge in [0.1, 0.15) is 0 Å². The molecule has 1 aliphatic heterocycles. The van der Waals surface area contributed by atoms with Crippen LogP contribution in [-0.2, 0) is 4.74 Å². The Morgan fingerprint density at radius 2 is 2.25 bits per heavy atom. The molecule has 72 valence electrons. The molecular weight excluding hydrogens is 152 g/mol. The van der Waals surface area contributed by atoms with Crippen LogP contribution in [0.1, 0.15) is 12.8 Å². The van der Waals surface area contributed by atoms with E-state index in [0.717, 1.165) is 19.6 Å². The van der Waals surface area contributed by atoms with Gasteiger partial charge in [0.15, 0.2) is 0 Å². The van der Waals surface area contributed by atoms with Gasteiger partial charge in [0.05, 0.1) is 5.60 Å². The predicted octanol–water partition coefficient (Wildman–Crippen LogP) is 0.317. The highest BCUT2D eigenvalue weighted by atomic mass is 16.5. The first-order valence-corrected chi connectivity index (χ1v) is 4.59. The highest BCUT2D eigenvalue weighted by molar-refractivity contribution is 4.88. The fourth-order valence-corrected chi connectivity index (χ4v) is 1.89. The summed E-state index contributed by atoms with van der Waals surface area (Å²) in [5.41, 5.74) is 0.0573. The minimum atomic E-state index is 0.0573. The van der Waals surface area contributed by atoms with Gasteiger partial charge in [-0.1, -0.05) is 0 Å². The van der Waals surface area contributed by atoms with Gasteiger partial charge in [0, 0.05) is 20.2 Å². The Morgan fingerprint density at radius 1 is 1.50 bits per heavy atom. The molecule has 0 aromatic heterocycles. The van der Waals surface area contributed by atoms with Gasteiger partial charge in [0.25, 0.3) is 0 Å². The molecule has 0 aliphatic carbocycles. The first-order chi connectivity index (χ1) is 5.68. The molecule has 0 saturated carbocycles. The number of hydrogen-bond donors (Lipinski definition) is 1. The zero-order valence-corrected chi connectivity index (χ0v) is 8.39. The van der Waals surface area contributed by atoms with Crippen molar-refractivity contribution in [2.24, 2.45) is 0 Å². The number of hydrogen-bond acceptors (Lipinski definition) is 3. The lowest BCUT2D eigenvalue weighted by Crippen LogP contribution is -2.52. The van der Waals surface area contributed by atoms with E-state index in [-0.39, 0.29) is 5.60 Å². The molecule has 0 spiro atoms. The maximum atomic E-state index is 5.59. The zero-order valence-electron chi connectivity index (χ0n) is 8.39. The molecule has 1 saturated heterocycles. The molecule has 1 atom stereocenters. The maximum Gasteiger partial charge on any atom is 0.0928 e. The number of nitrogens with one attached hydrogen (secondary N) is 1. The molecule has 1 unspecified atom stereocenters. The molecule has 0 bridgehead atoms. The lowest BCUT2D eigenvalue weighted by Gasteiger charge is -2.38. The molecule has 0 aromatic rings. The summed E-state index contributed by atoms with van der Waals surface area (Å²) < 4.78 is 5.59. The van der Waals surface area contributed by atoms with Gasteiger partial charge in [-0.05, 0) is 33.5 Å². The van der Waals surface area contributed by atoms with Crippen LogP contribution in [0.5, 0.6) is 0 Å². The van der Waals surface area contributed by atoms with Crippen molar-refractivity contribution in [3.05, 3.63) is 0 Å². The molecule has 1 aliphatic rings. The summed E-state index contributed by atoms with van der Waals surface area (Å²) in [6.07, 6.45) is 2.40. The summed E-state index contributed by atoms with van der Waals surface area (Å²) in [5, 5.41) is 3.38. The minimum absolute atomic E-state index is 0.0573. The Morgan fingerprint density at radius 3 is 2.67 bits per heavy atom. The van der Waals surface area contributed by atoms with Crippen molar-refractivity contribution in [3.63, 3.8) is 0 Å². The van der Waals surface area contributed by atoms with Gasteiger partial charge in [-0.3, -0.25) is 0 Å². The van der Waals surface area contributed by atoms with E-state index in [0.29, 0.717) is 0 Å². The summed E-state index contributed by atoms with van der Waals surface area (Å²) in [6.45, 7) is 3.14. The van der Waals surface area contributed by atoms with Crippen molar-refractivity contribution < 1.29 is 4.74 Å². The van der Waals surface area contributed by atoms with E-state index in [4.69, 9.17) is 4.74 Å². The predicted molar refractivity (Wildman–Crippen MR) is 50.4 cm³/mol. The fourth-order valence-electron chi connectivity index (χ4n) is 1.89. The van der Waals surface area contributed by atoms with Crippen LogP contribution in [-0.4, -0.2) is 51.3 Å². The molecule has 12 heavy (non-hydrogen) atoms. The molecule has 0 aromatic carbocycles. The van der Waals surface area contributed by atoms with Crippen molar-refractivity contribution in [3.8, 4) is 0 Å². The van der Waals surface area contributed by atoms with E-state index in [1.165, 1.54) is 12.8 Å². The average Bonchev–Trinajstić information content (AvgIpc) is 2.05. The highest BCUT2D eigenvalue weighted by Crippen LogP contribution is 2.20. The summed E-state index contributed by atoms with van der Waals surface area (Å²) >= 11 is 0. The summed E-state index contributed by atoms with van der Waals surface area (Å²) in [6, 6.07) is 0. The number of nitrogens with zero attached hydrogens (tertiary/aromatic N) is 1. The average molecular weight is 172 g/mol. The second-order valence-electron chi connectivity index (χ2n) is 3.91. The van der Waals surface area contributed by atoms with E-state index < -0.39 is 0 Å². The molecule has 1 N–H and O–H groups in total. The number of ether oxygens (including phenoxy) is 1. The Kier molecular flexibility index (Phi) is 3.50. The quantitative estimate of drug-likeness (QED) is 0.663.